The zero-order valence-corrected chi connectivity index (χ0v) is 15.7. The van der Waals surface area contributed by atoms with Crippen molar-refractivity contribution in [1.82, 2.24) is 19.9 Å². The summed E-state index contributed by atoms with van der Waals surface area (Å²) in [5.74, 6) is 0.672. The van der Waals surface area contributed by atoms with Gasteiger partial charge in [0.2, 0.25) is 0 Å². The van der Waals surface area contributed by atoms with E-state index in [-0.39, 0.29) is 11.9 Å². The highest BCUT2D eigenvalue weighted by Crippen LogP contribution is 2.18. The average molecular weight is 370 g/mol. The van der Waals surface area contributed by atoms with Gasteiger partial charge in [-0.3, -0.25) is 9.20 Å². The van der Waals surface area contributed by atoms with Crippen molar-refractivity contribution in [2.75, 3.05) is 0 Å². The number of carbonyl (C=O) groups is 1. The highest BCUT2D eigenvalue weighted by molar-refractivity contribution is 5.95. The highest BCUT2D eigenvalue weighted by atomic mass is 16.1. The van der Waals surface area contributed by atoms with Crippen LogP contribution in [0.5, 0.6) is 0 Å². The van der Waals surface area contributed by atoms with Gasteiger partial charge in [-0.15, -0.1) is 10.2 Å². The molecule has 4 aromatic rings. The van der Waals surface area contributed by atoms with Crippen LogP contribution in [0.4, 0.5) is 0 Å². The first-order chi connectivity index (χ1) is 13.7. The van der Waals surface area contributed by atoms with Gasteiger partial charge < -0.3 is 5.32 Å². The van der Waals surface area contributed by atoms with Gasteiger partial charge in [0.05, 0.1) is 0 Å². The molecule has 0 unspecified atom stereocenters. The average Bonchev–Trinajstić information content (AvgIpc) is 3.17. The second-order valence-corrected chi connectivity index (χ2v) is 6.93. The number of amides is 1. The molecule has 2 heterocycles. The Morgan fingerprint density at radius 1 is 1.00 bits per heavy atom. The number of carbonyl (C=O) groups excluding carboxylic acids is 1. The van der Waals surface area contributed by atoms with Gasteiger partial charge in [-0.1, -0.05) is 60.7 Å². The molecule has 0 spiro atoms. The van der Waals surface area contributed by atoms with E-state index in [1.807, 2.05) is 72.1 Å². The third kappa shape index (κ3) is 3.93. The Bertz CT molecular complexity index is 1070. The Kier molecular flexibility index (Phi) is 5.15. The first kappa shape index (κ1) is 17.9. The molecule has 1 N–H and O–H groups in total. The van der Waals surface area contributed by atoms with Crippen LogP contribution in [-0.4, -0.2) is 26.5 Å². The SMILES string of the molecule is C[C@H](CCc1ccccc1)NC(=O)c1ccn2c(-c3ccccc3)nnc2c1. The summed E-state index contributed by atoms with van der Waals surface area (Å²) in [6, 6.07) is 23.9. The summed E-state index contributed by atoms with van der Waals surface area (Å²) in [5.41, 5.74) is 3.51. The monoisotopic (exact) mass is 370 g/mol. The summed E-state index contributed by atoms with van der Waals surface area (Å²) in [6.45, 7) is 2.03. The van der Waals surface area contributed by atoms with Crippen molar-refractivity contribution in [2.24, 2.45) is 0 Å². The quantitative estimate of drug-likeness (QED) is 0.555. The Hall–Kier alpha value is -3.47. The minimum atomic E-state index is -0.0904. The van der Waals surface area contributed by atoms with E-state index >= 15 is 0 Å². The molecule has 0 fully saturated rings. The lowest BCUT2D eigenvalue weighted by atomic mass is 10.1. The van der Waals surface area contributed by atoms with Crippen LogP contribution in [0.15, 0.2) is 79.0 Å². The molecular formula is C23H22N4O. The Morgan fingerprint density at radius 3 is 2.46 bits per heavy atom. The molecule has 0 bridgehead atoms. The Balaban J connectivity index is 1.44. The first-order valence-electron chi connectivity index (χ1n) is 9.46. The summed E-state index contributed by atoms with van der Waals surface area (Å²) in [4.78, 5) is 12.6. The summed E-state index contributed by atoms with van der Waals surface area (Å²) in [5, 5.41) is 11.6. The minimum absolute atomic E-state index is 0.0849. The van der Waals surface area contributed by atoms with Gasteiger partial charge in [-0.05, 0) is 37.5 Å². The highest BCUT2D eigenvalue weighted by Gasteiger charge is 2.13. The maximum absolute atomic E-state index is 12.6. The van der Waals surface area contributed by atoms with E-state index in [4.69, 9.17) is 0 Å². The van der Waals surface area contributed by atoms with Gasteiger partial charge in [0.25, 0.3) is 5.91 Å². The molecule has 5 heteroatoms. The van der Waals surface area contributed by atoms with Gasteiger partial charge in [-0.25, -0.2) is 0 Å². The van der Waals surface area contributed by atoms with Gasteiger partial charge in [0, 0.05) is 23.4 Å². The second-order valence-electron chi connectivity index (χ2n) is 6.93. The van der Waals surface area contributed by atoms with E-state index in [1.54, 1.807) is 6.07 Å². The van der Waals surface area contributed by atoms with Crippen molar-refractivity contribution < 1.29 is 4.79 Å². The molecule has 2 aromatic carbocycles. The molecule has 140 valence electrons. The molecule has 0 radical (unpaired) electrons. The van der Waals surface area contributed by atoms with Crippen molar-refractivity contribution in [3.63, 3.8) is 0 Å². The zero-order chi connectivity index (χ0) is 19.3. The van der Waals surface area contributed by atoms with Crippen molar-refractivity contribution in [3.8, 4) is 11.4 Å². The van der Waals surface area contributed by atoms with Gasteiger partial charge in [0.1, 0.15) is 0 Å². The lowest BCUT2D eigenvalue weighted by Crippen LogP contribution is -2.32. The number of aryl methyl sites for hydroxylation is 1. The normalized spacial score (nSPS) is 12.0. The number of hydrogen-bond donors (Lipinski definition) is 1. The fraction of sp³-hybridized carbons (Fsp3) is 0.174. The second kappa shape index (κ2) is 8.05. The molecule has 5 nitrogen and oxygen atoms in total. The molecule has 2 aromatic heterocycles. The fourth-order valence-corrected chi connectivity index (χ4v) is 3.22. The van der Waals surface area contributed by atoms with Crippen LogP contribution in [0.3, 0.4) is 0 Å². The molecule has 0 aliphatic rings. The molecule has 0 saturated carbocycles. The van der Waals surface area contributed by atoms with Crippen LogP contribution >= 0.6 is 0 Å². The summed E-state index contributed by atoms with van der Waals surface area (Å²) >= 11 is 0. The number of fused-ring (bicyclic) bond motifs is 1. The molecule has 28 heavy (non-hydrogen) atoms. The van der Waals surface area contributed by atoms with Crippen molar-refractivity contribution in [3.05, 3.63) is 90.1 Å². The third-order valence-corrected chi connectivity index (χ3v) is 4.79. The van der Waals surface area contributed by atoms with E-state index in [0.29, 0.717) is 11.2 Å². The van der Waals surface area contributed by atoms with Crippen LogP contribution in [0.1, 0.15) is 29.3 Å². The number of nitrogens with one attached hydrogen (secondary N) is 1. The lowest BCUT2D eigenvalue weighted by Gasteiger charge is -2.14. The number of benzene rings is 2. The lowest BCUT2D eigenvalue weighted by molar-refractivity contribution is 0.0938. The predicted molar refractivity (Wildman–Crippen MR) is 110 cm³/mol. The fourth-order valence-electron chi connectivity index (χ4n) is 3.22. The van der Waals surface area contributed by atoms with Crippen LogP contribution in [-0.2, 0) is 6.42 Å². The van der Waals surface area contributed by atoms with E-state index in [1.165, 1.54) is 5.56 Å². The van der Waals surface area contributed by atoms with Crippen LogP contribution < -0.4 is 5.32 Å². The Morgan fingerprint density at radius 2 is 1.71 bits per heavy atom. The van der Waals surface area contributed by atoms with E-state index in [0.717, 1.165) is 24.2 Å². The standard InChI is InChI=1S/C23H22N4O/c1-17(12-13-18-8-4-2-5-9-18)24-23(28)20-14-15-27-21(16-20)25-26-22(27)19-10-6-3-7-11-19/h2-11,14-17H,12-13H2,1H3,(H,24,28)/t17-/m1/s1. The van der Waals surface area contributed by atoms with Crippen LogP contribution in [0.2, 0.25) is 0 Å². The smallest absolute Gasteiger partial charge is 0.251 e. The first-order valence-corrected chi connectivity index (χ1v) is 9.46. The third-order valence-electron chi connectivity index (χ3n) is 4.79. The number of pyridine rings is 1. The maximum Gasteiger partial charge on any atom is 0.251 e. The van der Waals surface area contributed by atoms with E-state index in [9.17, 15) is 4.79 Å². The maximum atomic E-state index is 12.6. The number of hydrogen-bond acceptors (Lipinski definition) is 3. The topological polar surface area (TPSA) is 59.3 Å². The van der Waals surface area contributed by atoms with Crippen molar-refractivity contribution in [1.29, 1.82) is 0 Å². The van der Waals surface area contributed by atoms with E-state index < -0.39 is 0 Å². The molecular weight excluding hydrogens is 348 g/mol. The number of nitrogens with zero attached hydrogens (tertiary/aromatic N) is 3. The zero-order valence-electron chi connectivity index (χ0n) is 15.7. The molecule has 0 saturated heterocycles. The largest absolute Gasteiger partial charge is 0.350 e. The summed E-state index contributed by atoms with van der Waals surface area (Å²) in [6.07, 6.45) is 3.67. The number of rotatable bonds is 6. The minimum Gasteiger partial charge on any atom is -0.350 e. The van der Waals surface area contributed by atoms with Gasteiger partial charge in [0.15, 0.2) is 11.5 Å². The summed E-state index contributed by atoms with van der Waals surface area (Å²) < 4.78 is 1.89. The van der Waals surface area contributed by atoms with E-state index in [2.05, 4.69) is 27.6 Å². The summed E-state index contributed by atoms with van der Waals surface area (Å²) in [7, 11) is 0. The Labute approximate surface area is 164 Å². The van der Waals surface area contributed by atoms with Crippen LogP contribution in [0.25, 0.3) is 17.0 Å². The van der Waals surface area contributed by atoms with Crippen molar-refractivity contribution >= 4 is 11.6 Å². The van der Waals surface area contributed by atoms with Gasteiger partial charge >= 0.3 is 0 Å². The van der Waals surface area contributed by atoms with Crippen LogP contribution in [0, 0.1) is 0 Å². The van der Waals surface area contributed by atoms with Gasteiger partial charge in [-0.2, -0.15) is 0 Å². The van der Waals surface area contributed by atoms with Crippen molar-refractivity contribution in [2.45, 2.75) is 25.8 Å². The number of aromatic nitrogens is 3. The molecule has 0 aliphatic carbocycles. The molecule has 1 amide bonds. The molecule has 4 rings (SSSR count). The predicted octanol–water partition coefficient (Wildman–Crippen LogP) is 4.15. The molecule has 0 aliphatic heterocycles. The molecule has 1 atom stereocenters.